The van der Waals surface area contributed by atoms with Crippen molar-refractivity contribution in [2.45, 2.75) is 46.3 Å². The molecule has 0 aliphatic heterocycles. The highest BCUT2D eigenvalue weighted by Crippen LogP contribution is 2.26. The third-order valence-electron chi connectivity index (χ3n) is 4.23. The third kappa shape index (κ3) is 4.17. The second-order valence-corrected chi connectivity index (χ2v) is 7.40. The van der Waals surface area contributed by atoms with Crippen LogP contribution in [0.4, 0.5) is 14.5 Å². The molecule has 0 fully saturated rings. The van der Waals surface area contributed by atoms with Crippen molar-refractivity contribution < 1.29 is 18.3 Å². The Hall–Kier alpha value is -2.87. The highest BCUT2D eigenvalue weighted by Gasteiger charge is 2.26. The normalized spacial score (nSPS) is 12.0. The predicted molar refractivity (Wildman–Crippen MR) is 102 cm³/mol. The molecule has 0 aliphatic rings. The Morgan fingerprint density at radius 1 is 1.32 bits per heavy atom. The van der Waals surface area contributed by atoms with E-state index in [2.05, 4.69) is 15.3 Å². The molecule has 148 valence electrons. The van der Waals surface area contributed by atoms with E-state index in [9.17, 15) is 13.6 Å². The SMILES string of the molecule is Cc1c(COC(C)(C)C)cccc1NC(=O)c1c(C(F)F)nc2cnccn12. The summed E-state index contributed by atoms with van der Waals surface area (Å²) >= 11 is 0. The maximum absolute atomic E-state index is 13.4. The molecule has 3 aromatic rings. The summed E-state index contributed by atoms with van der Waals surface area (Å²) < 4.78 is 34.0. The fraction of sp³-hybridized carbons (Fsp3) is 0.350. The van der Waals surface area contributed by atoms with E-state index < -0.39 is 18.0 Å². The van der Waals surface area contributed by atoms with Gasteiger partial charge in [0.05, 0.1) is 18.4 Å². The van der Waals surface area contributed by atoms with E-state index in [-0.39, 0.29) is 16.9 Å². The van der Waals surface area contributed by atoms with Gasteiger partial charge in [0, 0.05) is 18.1 Å². The van der Waals surface area contributed by atoms with Crippen LogP contribution in [-0.4, -0.2) is 25.9 Å². The van der Waals surface area contributed by atoms with Gasteiger partial charge in [0.15, 0.2) is 5.65 Å². The number of nitrogens with one attached hydrogen (secondary N) is 1. The number of imidazole rings is 1. The van der Waals surface area contributed by atoms with Crippen LogP contribution in [0.15, 0.2) is 36.8 Å². The zero-order valence-electron chi connectivity index (χ0n) is 16.2. The summed E-state index contributed by atoms with van der Waals surface area (Å²) in [4.78, 5) is 20.5. The summed E-state index contributed by atoms with van der Waals surface area (Å²) in [6.07, 6.45) is 1.30. The number of anilines is 1. The van der Waals surface area contributed by atoms with Gasteiger partial charge in [0.25, 0.3) is 12.3 Å². The van der Waals surface area contributed by atoms with Gasteiger partial charge in [-0.05, 0) is 44.9 Å². The number of ether oxygens (including phenoxy) is 1. The maximum atomic E-state index is 13.4. The Labute approximate surface area is 161 Å². The summed E-state index contributed by atoms with van der Waals surface area (Å²) in [5.41, 5.74) is 1.36. The minimum atomic E-state index is -2.88. The molecule has 1 aromatic carbocycles. The minimum absolute atomic E-state index is 0.187. The van der Waals surface area contributed by atoms with Crippen molar-refractivity contribution >= 4 is 17.2 Å². The number of aromatic nitrogens is 3. The van der Waals surface area contributed by atoms with Crippen LogP contribution in [0.2, 0.25) is 0 Å². The standard InChI is InChI=1S/C20H22F2N4O2/c1-12-13(11-28-20(2,3)4)6-5-7-14(12)24-19(27)17-16(18(21)22)25-15-10-23-8-9-26(15)17/h5-10,18H,11H2,1-4H3,(H,24,27). The number of hydrogen-bond acceptors (Lipinski definition) is 4. The van der Waals surface area contributed by atoms with E-state index in [1.807, 2.05) is 33.8 Å². The summed E-state index contributed by atoms with van der Waals surface area (Å²) in [5.74, 6) is -0.661. The Bertz CT molecular complexity index is 1010. The number of benzene rings is 1. The zero-order valence-corrected chi connectivity index (χ0v) is 16.2. The van der Waals surface area contributed by atoms with Crippen LogP contribution in [0, 0.1) is 6.92 Å². The van der Waals surface area contributed by atoms with Crippen LogP contribution in [0.5, 0.6) is 0 Å². The number of hydrogen-bond donors (Lipinski definition) is 1. The van der Waals surface area contributed by atoms with Crippen LogP contribution in [0.3, 0.4) is 0 Å². The molecule has 8 heteroatoms. The van der Waals surface area contributed by atoms with Crippen molar-refractivity contribution in [3.63, 3.8) is 0 Å². The van der Waals surface area contributed by atoms with Crippen molar-refractivity contribution in [1.82, 2.24) is 14.4 Å². The monoisotopic (exact) mass is 388 g/mol. The molecule has 0 aliphatic carbocycles. The fourth-order valence-electron chi connectivity index (χ4n) is 2.75. The van der Waals surface area contributed by atoms with Crippen molar-refractivity contribution in [1.29, 1.82) is 0 Å². The summed E-state index contributed by atoms with van der Waals surface area (Å²) in [5, 5.41) is 2.73. The first kappa shape index (κ1) is 19.9. The highest BCUT2D eigenvalue weighted by molar-refractivity contribution is 6.05. The largest absolute Gasteiger partial charge is 0.371 e. The van der Waals surface area contributed by atoms with Crippen LogP contribution >= 0.6 is 0 Å². The number of halogens is 2. The number of nitrogens with zero attached hydrogens (tertiary/aromatic N) is 3. The van der Waals surface area contributed by atoms with Crippen LogP contribution in [0.1, 0.15) is 54.5 Å². The second kappa shape index (κ2) is 7.63. The molecule has 0 atom stereocenters. The van der Waals surface area contributed by atoms with Gasteiger partial charge in [-0.25, -0.2) is 13.8 Å². The van der Waals surface area contributed by atoms with Gasteiger partial charge in [-0.15, -0.1) is 0 Å². The molecule has 0 radical (unpaired) electrons. The van der Waals surface area contributed by atoms with E-state index >= 15 is 0 Å². The molecule has 0 unspecified atom stereocenters. The summed E-state index contributed by atoms with van der Waals surface area (Å²) in [6.45, 7) is 8.10. The number of amides is 1. The molecule has 3 rings (SSSR count). The van der Waals surface area contributed by atoms with E-state index in [1.54, 1.807) is 12.1 Å². The quantitative estimate of drug-likeness (QED) is 0.697. The second-order valence-electron chi connectivity index (χ2n) is 7.40. The van der Waals surface area contributed by atoms with E-state index in [4.69, 9.17) is 4.74 Å². The third-order valence-corrected chi connectivity index (χ3v) is 4.23. The number of rotatable bonds is 5. The van der Waals surface area contributed by atoms with Crippen molar-refractivity contribution in [2.24, 2.45) is 0 Å². The first-order valence-corrected chi connectivity index (χ1v) is 8.81. The molecule has 6 nitrogen and oxygen atoms in total. The molecule has 28 heavy (non-hydrogen) atoms. The Balaban J connectivity index is 1.92. The van der Waals surface area contributed by atoms with Gasteiger partial charge < -0.3 is 10.1 Å². The molecular formula is C20H22F2N4O2. The van der Waals surface area contributed by atoms with Crippen LogP contribution in [0.25, 0.3) is 5.65 Å². The van der Waals surface area contributed by atoms with E-state index in [0.29, 0.717) is 12.3 Å². The molecular weight excluding hydrogens is 366 g/mol. The van der Waals surface area contributed by atoms with Gasteiger partial charge in [-0.1, -0.05) is 12.1 Å². The lowest BCUT2D eigenvalue weighted by atomic mass is 10.1. The maximum Gasteiger partial charge on any atom is 0.282 e. The van der Waals surface area contributed by atoms with Gasteiger partial charge in [0.2, 0.25) is 0 Å². The molecule has 1 N–H and O–H groups in total. The lowest BCUT2D eigenvalue weighted by Crippen LogP contribution is -2.20. The highest BCUT2D eigenvalue weighted by atomic mass is 19.3. The van der Waals surface area contributed by atoms with E-state index in [0.717, 1.165) is 11.1 Å². The zero-order chi connectivity index (χ0) is 20.5. The molecule has 0 spiro atoms. The van der Waals surface area contributed by atoms with Gasteiger partial charge in [0.1, 0.15) is 11.4 Å². The molecule has 0 saturated heterocycles. The lowest BCUT2D eigenvalue weighted by Gasteiger charge is -2.21. The number of carbonyl (C=O) groups is 1. The molecule has 1 amide bonds. The van der Waals surface area contributed by atoms with Crippen LogP contribution in [-0.2, 0) is 11.3 Å². The Kier molecular flexibility index (Phi) is 5.42. The number of carbonyl (C=O) groups excluding carboxylic acids is 1. The topological polar surface area (TPSA) is 68.5 Å². The molecule has 2 aromatic heterocycles. The molecule has 2 heterocycles. The smallest absolute Gasteiger partial charge is 0.282 e. The van der Waals surface area contributed by atoms with E-state index in [1.165, 1.54) is 23.0 Å². The number of alkyl halides is 2. The molecule has 0 saturated carbocycles. The molecule has 0 bridgehead atoms. The average molecular weight is 388 g/mol. The van der Waals surface area contributed by atoms with Crippen LogP contribution < -0.4 is 5.32 Å². The average Bonchev–Trinajstić information content (AvgIpc) is 3.01. The number of fused-ring (bicyclic) bond motifs is 1. The van der Waals surface area contributed by atoms with Crippen molar-refractivity contribution in [3.8, 4) is 0 Å². The summed E-state index contributed by atoms with van der Waals surface area (Å²) in [7, 11) is 0. The Morgan fingerprint density at radius 2 is 2.07 bits per heavy atom. The van der Waals surface area contributed by atoms with Crippen molar-refractivity contribution in [2.75, 3.05) is 5.32 Å². The fourth-order valence-corrected chi connectivity index (χ4v) is 2.75. The van der Waals surface area contributed by atoms with Gasteiger partial charge in [-0.2, -0.15) is 0 Å². The van der Waals surface area contributed by atoms with Gasteiger partial charge in [-0.3, -0.25) is 14.2 Å². The lowest BCUT2D eigenvalue weighted by molar-refractivity contribution is -0.0151. The predicted octanol–water partition coefficient (Wildman–Crippen LogP) is 4.54. The Morgan fingerprint density at radius 3 is 2.75 bits per heavy atom. The first-order chi connectivity index (χ1) is 13.2. The van der Waals surface area contributed by atoms with Crippen molar-refractivity contribution in [3.05, 3.63) is 59.3 Å². The minimum Gasteiger partial charge on any atom is -0.371 e. The summed E-state index contributed by atoms with van der Waals surface area (Å²) in [6, 6.07) is 5.41. The first-order valence-electron chi connectivity index (χ1n) is 8.81. The van der Waals surface area contributed by atoms with Gasteiger partial charge >= 0.3 is 0 Å².